The van der Waals surface area contributed by atoms with Gasteiger partial charge in [-0.05, 0) is 50.0 Å². The Morgan fingerprint density at radius 3 is 2.79 bits per heavy atom. The molecule has 2 atom stereocenters. The molecule has 0 radical (unpaired) electrons. The average Bonchev–Trinajstić information content (AvgIpc) is 2.47. The second-order valence-corrected chi connectivity index (χ2v) is 6.10. The van der Waals surface area contributed by atoms with Crippen LogP contribution in [0.3, 0.4) is 0 Å². The summed E-state index contributed by atoms with van der Waals surface area (Å²) in [5.74, 6) is 1.71. The van der Waals surface area contributed by atoms with Crippen LogP contribution in [0.5, 0.6) is 5.75 Å². The number of ether oxygens (including phenoxy) is 1. The molecular formula is C16H25NOS. The van der Waals surface area contributed by atoms with E-state index in [0.717, 1.165) is 11.3 Å². The molecule has 0 heterocycles. The summed E-state index contributed by atoms with van der Waals surface area (Å²) in [5, 5.41) is 0. The Hall–Kier alpha value is -0.670. The van der Waals surface area contributed by atoms with Gasteiger partial charge in [0.25, 0.3) is 0 Å². The third-order valence-corrected chi connectivity index (χ3v) is 4.98. The monoisotopic (exact) mass is 279 g/mol. The second kappa shape index (κ2) is 7.20. The number of rotatable bonds is 5. The minimum atomic E-state index is 0.376. The fourth-order valence-corrected chi connectivity index (χ4v) is 3.65. The largest absolute Gasteiger partial charge is 0.490 e. The van der Waals surface area contributed by atoms with Crippen LogP contribution >= 0.6 is 11.8 Å². The van der Waals surface area contributed by atoms with Crippen molar-refractivity contribution >= 4 is 11.8 Å². The van der Waals surface area contributed by atoms with Gasteiger partial charge in [-0.25, -0.2) is 0 Å². The Morgan fingerprint density at radius 1 is 1.32 bits per heavy atom. The lowest BCUT2D eigenvalue weighted by atomic mass is 9.84. The molecule has 0 aliphatic heterocycles. The first-order valence-electron chi connectivity index (χ1n) is 7.32. The van der Waals surface area contributed by atoms with Gasteiger partial charge in [0.1, 0.15) is 11.9 Å². The molecule has 0 saturated heterocycles. The lowest BCUT2D eigenvalue weighted by Crippen LogP contribution is -2.30. The summed E-state index contributed by atoms with van der Waals surface area (Å²) in [6, 6.07) is 6.27. The molecule has 2 N–H and O–H groups in total. The van der Waals surface area contributed by atoms with Crippen molar-refractivity contribution in [3.05, 3.63) is 23.8 Å². The molecule has 0 amide bonds. The van der Waals surface area contributed by atoms with Crippen LogP contribution in [0, 0.1) is 5.92 Å². The summed E-state index contributed by atoms with van der Waals surface area (Å²) in [7, 11) is 0. The van der Waals surface area contributed by atoms with Gasteiger partial charge >= 0.3 is 0 Å². The Morgan fingerprint density at radius 2 is 2.11 bits per heavy atom. The van der Waals surface area contributed by atoms with E-state index in [1.165, 1.54) is 37.0 Å². The summed E-state index contributed by atoms with van der Waals surface area (Å²) >= 11 is 1.74. The van der Waals surface area contributed by atoms with Crippen molar-refractivity contribution < 1.29 is 4.74 Å². The van der Waals surface area contributed by atoms with Crippen LogP contribution in [-0.4, -0.2) is 12.4 Å². The number of thioether (sulfide) groups is 1. The first-order chi connectivity index (χ1) is 9.30. The predicted molar refractivity (Wildman–Crippen MR) is 82.8 cm³/mol. The van der Waals surface area contributed by atoms with Gasteiger partial charge in [0, 0.05) is 17.0 Å². The summed E-state index contributed by atoms with van der Waals surface area (Å²) in [4.78, 5) is 1.24. The standard InChI is InChI=1S/C16H25NOS/c1-3-12-7-4-5-8-14(12)18-15-9-6-10-16(19-2)13(15)11-17/h6,9-10,12,14H,3-5,7-8,11,17H2,1-2H3. The van der Waals surface area contributed by atoms with Crippen LogP contribution in [0.15, 0.2) is 23.1 Å². The van der Waals surface area contributed by atoms with Crippen LogP contribution in [0.2, 0.25) is 0 Å². The number of nitrogens with two attached hydrogens (primary N) is 1. The fraction of sp³-hybridized carbons (Fsp3) is 0.625. The van der Waals surface area contributed by atoms with Crippen LogP contribution in [0.4, 0.5) is 0 Å². The van der Waals surface area contributed by atoms with Gasteiger partial charge < -0.3 is 10.5 Å². The lowest BCUT2D eigenvalue weighted by molar-refractivity contribution is 0.0891. The topological polar surface area (TPSA) is 35.2 Å². The molecule has 106 valence electrons. The van der Waals surface area contributed by atoms with Crippen molar-refractivity contribution in [2.24, 2.45) is 11.7 Å². The van der Waals surface area contributed by atoms with Crippen molar-refractivity contribution in [3.8, 4) is 5.75 Å². The van der Waals surface area contributed by atoms with E-state index in [-0.39, 0.29) is 0 Å². The zero-order valence-electron chi connectivity index (χ0n) is 12.0. The Bertz CT molecular complexity index is 408. The molecule has 1 saturated carbocycles. The average molecular weight is 279 g/mol. The minimum absolute atomic E-state index is 0.376. The van der Waals surface area contributed by atoms with Gasteiger partial charge in [0.05, 0.1) is 0 Å². The van der Waals surface area contributed by atoms with E-state index in [0.29, 0.717) is 18.6 Å². The molecule has 3 heteroatoms. The molecule has 2 unspecified atom stereocenters. The predicted octanol–water partition coefficient (Wildman–Crippen LogP) is 4.21. The van der Waals surface area contributed by atoms with Crippen molar-refractivity contribution in [1.29, 1.82) is 0 Å². The van der Waals surface area contributed by atoms with Crippen molar-refractivity contribution in [1.82, 2.24) is 0 Å². The van der Waals surface area contributed by atoms with Crippen molar-refractivity contribution in [2.45, 2.75) is 56.6 Å². The van der Waals surface area contributed by atoms with Gasteiger partial charge in [-0.3, -0.25) is 0 Å². The van der Waals surface area contributed by atoms with Gasteiger partial charge in [-0.2, -0.15) is 0 Å². The Labute approximate surface area is 121 Å². The molecule has 1 aromatic rings. The number of hydrogen-bond donors (Lipinski definition) is 1. The highest BCUT2D eigenvalue weighted by molar-refractivity contribution is 7.98. The van der Waals surface area contributed by atoms with Gasteiger partial charge in [0.2, 0.25) is 0 Å². The molecule has 0 bridgehead atoms. The molecule has 1 aliphatic rings. The molecular weight excluding hydrogens is 254 g/mol. The first-order valence-corrected chi connectivity index (χ1v) is 8.55. The van der Waals surface area contributed by atoms with E-state index in [4.69, 9.17) is 10.5 Å². The zero-order valence-corrected chi connectivity index (χ0v) is 12.8. The van der Waals surface area contributed by atoms with Crippen molar-refractivity contribution in [2.75, 3.05) is 6.26 Å². The van der Waals surface area contributed by atoms with Gasteiger partial charge in [0.15, 0.2) is 0 Å². The van der Waals surface area contributed by atoms with Gasteiger partial charge in [-0.1, -0.05) is 19.4 Å². The van der Waals surface area contributed by atoms with Crippen molar-refractivity contribution in [3.63, 3.8) is 0 Å². The van der Waals surface area contributed by atoms with Gasteiger partial charge in [-0.15, -0.1) is 11.8 Å². The fourth-order valence-electron chi connectivity index (χ4n) is 3.01. The number of hydrogen-bond acceptors (Lipinski definition) is 3. The summed E-state index contributed by atoms with van der Waals surface area (Å²) < 4.78 is 6.33. The third kappa shape index (κ3) is 3.46. The quantitative estimate of drug-likeness (QED) is 0.820. The van der Waals surface area contributed by atoms with E-state index in [1.807, 2.05) is 0 Å². The molecule has 0 aromatic heterocycles. The second-order valence-electron chi connectivity index (χ2n) is 5.25. The minimum Gasteiger partial charge on any atom is -0.490 e. The first kappa shape index (κ1) is 14.7. The molecule has 1 fully saturated rings. The maximum atomic E-state index is 6.33. The van der Waals surface area contributed by atoms with E-state index in [1.54, 1.807) is 11.8 Å². The summed E-state index contributed by atoms with van der Waals surface area (Å²) in [6.07, 6.45) is 8.82. The summed E-state index contributed by atoms with van der Waals surface area (Å²) in [5.41, 5.74) is 7.07. The highest BCUT2D eigenvalue weighted by Gasteiger charge is 2.26. The lowest BCUT2D eigenvalue weighted by Gasteiger charge is -2.32. The highest BCUT2D eigenvalue weighted by Crippen LogP contribution is 2.34. The van der Waals surface area contributed by atoms with E-state index in [2.05, 4.69) is 31.4 Å². The normalized spacial score (nSPS) is 23.3. The molecule has 19 heavy (non-hydrogen) atoms. The SMILES string of the molecule is CCC1CCCCC1Oc1cccc(SC)c1CN. The van der Waals surface area contributed by atoms with Crippen LogP contribution < -0.4 is 10.5 Å². The molecule has 2 nitrogen and oxygen atoms in total. The summed E-state index contributed by atoms with van der Waals surface area (Å²) in [6.45, 7) is 2.82. The molecule has 0 spiro atoms. The highest BCUT2D eigenvalue weighted by atomic mass is 32.2. The molecule has 1 aliphatic carbocycles. The van der Waals surface area contributed by atoms with E-state index < -0.39 is 0 Å². The van der Waals surface area contributed by atoms with Crippen LogP contribution in [0.25, 0.3) is 0 Å². The molecule has 2 rings (SSSR count). The van der Waals surface area contributed by atoms with E-state index >= 15 is 0 Å². The maximum Gasteiger partial charge on any atom is 0.125 e. The Balaban J connectivity index is 2.17. The zero-order chi connectivity index (χ0) is 13.7. The van der Waals surface area contributed by atoms with Crippen LogP contribution in [0.1, 0.15) is 44.6 Å². The molecule has 1 aromatic carbocycles. The smallest absolute Gasteiger partial charge is 0.125 e. The Kier molecular flexibility index (Phi) is 5.59. The number of benzene rings is 1. The van der Waals surface area contributed by atoms with Crippen LogP contribution in [-0.2, 0) is 6.54 Å². The maximum absolute atomic E-state index is 6.33. The van der Waals surface area contributed by atoms with E-state index in [9.17, 15) is 0 Å². The third-order valence-electron chi connectivity index (χ3n) is 4.16.